The highest BCUT2D eigenvalue weighted by atomic mass is 16.5. The third-order valence-electron chi connectivity index (χ3n) is 5.06. The van der Waals surface area contributed by atoms with Crippen LogP contribution in [0.2, 0.25) is 0 Å². The molecule has 0 radical (unpaired) electrons. The molecule has 1 aliphatic carbocycles. The number of rotatable bonds is 7. The number of hydrogen-bond donors (Lipinski definition) is 3. The lowest BCUT2D eigenvalue weighted by molar-refractivity contribution is -0.141. The number of fused-ring (bicyclic) bond motifs is 3. The molecule has 30 heavy (non-hydrogen) atoms. The van der Waals surface area contributed by atoms with Crippen molar-refractivity contribution in [3.05, 3.63) is 39.7 Å². The fraction of sp³-hybridized carbons (Fsp3) is 0.429. The van der Waals surface area contributed by atoms with Gasteiger partial charge in [0.05, 0.1) is 0 Å². The normalized spacial score (nSPS) is 15.0. The summed E-state index contributed by atoms with van der Waals surface area (Å²) in [5.74, 6) is -1.98. The number of hydrogen-bond acceptors (Lipinski definition) is 6. The molecule has 0 saturated heterocycles. The van der Waals surface area contributed by atoms with Crippen LogP contribution in [0.3, 0.4) is 0 Å². The average Bonchev–Trinajstić information content (AvgIpc) is 2.72. The Balaban J connectivity index is 1.61. The van der Waals surface area contributed by atoms with E-state index in [0.717, 1.165) is 42.2 Å². The van der Waals surface area contributed by atoms with Gasteiger partial charge in [0.25, 0.3) is 5.91 Å². The van der Waals surface area contributed by atoms with E-state index in [9.17, 15) is 19.2 Å². The van der Waals surface area contributed by atoms with Gasteiger partial charge in [-0.25, -0.2) is 4.79 Å². The van der Waals surface area contributed by atoms with Crippen molar-refractivity contribution in [2.75, 3.05) is 6.61 Å². The highest BCUT2D eigenvalue weighted by molar-refractivity contribution is 5.90. The SMILES string of the molecule is C[C@@H](NC(=O)[C@@H](C)NC(=O)COc1ccc2c3c(c(=O)oc2c1)CCCC3)C(=O)O. The lowest BCUT2D eigenvalue weighted by Gasteiger charge is -2.17. The molecule has 0 unspecified atom stereocenters. The molecule has 2 atom stereocenters. The minimum atomic E-state index is -1.17. The number of aliphatic carboxylic acids is 1. The van der Waals surface area contributed by atoms with Crippen LogP contribution >= 0.6 is 0 Å². The molecule has 1 heterocycles. The highest BCUT2D eigenvalue weighted by Crippen LogP contribution is 2.29. The molecule has 160 valence electrons. The molecule has 0 fully saturated rings. The predicted molar refractivity (Wildman–Crippen MR) is 107 cm³/mol. The van der Waals surface area contributed by atoms with E-state index >= 15 is 0 Å². The van der Waals surface area contributed by atoms with E-state index in [1.807, 2.05) is 6.07 Å². The Hall–Kier alpha value is -3.36. The number of carbonyl (C=O) groups excluding carboxylic acids is 2. The Morgan fingerprint density at radius 1 is 1.10 bits per heavy atom. The number of aryl methyl sites for hydroxylation is 1. The zero-order valence-corrected chi connectivity index (χ0v) is 16.8. The first-order valence-electron chi connectivity index (χ1n) is 9.80. The minimum absolute atomic E-state index is 0.331. The molecule has 0 bridgehead atoms. The molecule has 2 aromatic rings. The molecule has 2 amide bonds. The molecule has 1 aliphatic rings. The molecular formula is C21H24N2O7. The van der Waals surface area contributed by atoms with E-state index in [2.05, 4.69) is 10.6 Å². The van der Waals surface area contributed by atoms with E-state index in [1.54, 1.807) is 12.1 Å². The number of ether oxygens (including phenoxy) is 1. The van der Waals surface area contributed by atoms with E-state index in [4.69, 9.17) is 14.3 Å². The zero-order valence-electron chi connectivity index (χ0n) is 16.8. The molecule has 0 aliphatic heterocycles. The lowest BCUT2D eigenvalue weighted by Crippen LogP contribution is -2.50. The first-order valence-corrected chi connectivity index (χ1v) is 9.80. The second-order valence-electron chi connectivity index (χ2n) is 7.36. The summed E-state index contributed by atoms with van der Waals surface area (Å²) in [5.41, 5.74) is 1.84. The molecule has 1 aromatic carbocycles. The van der Waals surface area contributed by atoms with E-state index in [1.165, 1.54) is 13.8 Å². The van der Waals surface area contributed by atoms with E-state index in [0.29, 0.717) is 11.3 Å². The molecule has 0 spiro atoms. The fourth-order valence-corrected chi connectivity index (χ4v) is 3.41. The topological polar surface area (TPSA) is 135 Å². The van der Waals surface area contributed by atoms with Crippen LogP contribution in [-0.2, 0) is 27.2 Å². The van der Waals surface area contributed by atoms with Crippen LogP contribution < -0.4 is 21.0 Å². The summed E-state index contributed by atoms with van der Waals surface area (Å²) < 4.78 is 10.9. The van der Waals surface area contributed by atoms with Crippen LogP contribution in [0.4, 0.5) is 0 Å². The molecule has 0 saturated carbocycles. The Labute approximate surface area is 172 Å². The van der Waals surface area contributed by atoms with Crippen molar-refractivity contribution in [3.63, 3.8) is 0 Å². The number of carboxylic acids is 1. The number of benzene rings is 1. The first-order chi connectivity index (χ1) is 14.3. The van der Waals surface area contributed by atoms with Crippen molar-refractivity contribution >= 4 is 28.8 Å². The van der Waals surface area contributed by atoms with Crippen LogP contribution in [0.15, 0.2) is 27.4 Å². The van der Waals surface area contributed by atoms with Crippen molar-refractivity contribution in [2.45, 2.75) is 51.6 Å². The quantitative estimate of drug-likeness (QED) is 0.576. The van der Waals surface area contributed by atoms with Crippen LogP contribution in [0.25, 0.3) is 11.0 Å². The molecule has 9 nitrogen and oxygen atoms in total. The van der Waals surface area contributed by atoms with Crippen LogP contribution in [-0.4, -0.2) is 41.6 Å². The van der Waals surface area contributed by atoms with Crippen LogP contribution in [0, 0.1) is 0 Å². The maximum Gasteiger partial charge on any atom is 0.339 e. The Bertz CT molecular complexity index is 1040. The summed E-state index contributed by atoms with van der Waals surface area (Å²) in [4.78, 5) is 46.9. The molecular weight excluding hydrogens is 392 g/mol. The Morgan fingerprint density at radius 2 is 1.80 bits per heavy atom. The monoisotopic (exact) mass is 416 g/mol. The number of nitrogens with one attached hydrogen (secondary N) is 2. The van der Waals surface area contributed by atoms with Gasteiger partial charge in [0.15, 0.2) is 6.61 Å². The van der Waals surface area contributed by atoms with Gasteiger partial charge in [-0.2, -0.15) is 0 Å². The zero-order chi connectivity index (χ0) is 21.8. The van der Waals surface area contributed by atoms with Crippen LogP contribution in [0.5, 0.6) is 5.75 Å². The van der Waals surface area contributed by atoms with Gasteiger partial charge in [-0.15, -0.1) is 0 Å². The van der Waals surface area contributed by atoms with E-state index in [-0.39, 0.29) is 12.2 Å². The standard InChI is InChI=1S/C21H24N2O7/c1-11(19(25)23-12(2)20(26)27)22-18(24)10-29-13-7-8-15-14-5-3-4-6-16(14)21(28)30-17(15)9-13/h7-9,11-12H,3-6,10H2,1-2H3,(H,22,24)(H,23,25)(H,26,27)/t11-,12-/m1/s1. The summed E-state index contributed by atoms with van der Waals surface area (Å²) >= 11 is 0. The van der Waals surface area contributed by atoms with Crippen LogP contribution in [0.1, 0.15) is 37.8 Å². The Kier molecular flexibility index (Phi) is 6.39. The Morgan fingerprint density at radius 3 is 2.50 bits per heavy atom. The van der Waals surface area contributed by atoms with Gasteiger partial charge in [0.1, 0.15) is 23.4 Å². The van der Waals surface area contributed by atoms with Gasteiger partial charge in [0.2, 0.25) is 5.91 Å². The smallest absolute Gasteiger partial charge is 0.339 e. The third kappa shape index (κ3) is 4.79. The second kappa shape index (κ2) is 8.98. The van der Waals surface area contributed by atoms with Gasteiger partial charge < -0.3 is 24.9 Å². The van der Waals surface area contributed by atoms with Crippen molar-refractivity contribution < 1.29 is 28.6 Å². The molecule has 3 N–H and O–H groups in total. The highest BCUT2D eigenvalue weighted by Gasteiger charge is 2.21. The third-order valence-corrected chi connectivity index (χ3v) is 5.06. The number of carbonyl (C=O) groups is 3. The van der Waals surface area contributed by atoms with Gasteiger partial charge in [-0.05, 0) is 57.2 Å². The summed E-state index contributed by atoms with van der Waals surface area (Å²) in [5, 5.41) is 14.4. The maximum absolute atomic E-state index is 12.2. The largest absolute Gasteiger partial charge is 0.484 e. The summed E-state index contributed by atoms with van der Waals surface area (Å²) in [6.07, 6.45) is 3.57. The average molecular weight is 416 g/mol. The second-order valence-corrected chi connectivity index (χ2v) is 7.36. The lowest BCUT2D eigenvalue weighted by atomic mass is 9.91. The fourth-order valence-electron chi connectivity index (χ4n) is 3.41. The summed E-state index contributed by atoms with van der Waals surface area (Å²) in [6.45, 7) is 2.41. The van der Waals surface area contributed by atoms with Gasteiger partial charge in [-0.1, -0.05) is 0 Å². The number of carboxylic acid groups (broad SMARTS) is 1. The van der Waals surface area contributed by atoms with Gasteiger partial charge in [-0.3, -0.25) is 14.4 Å². The predicted octanol–water partition coefficient (Wildman–Crippen LogP) is 1.14. The molecule has 3 rings (SSSR count). The molecule has 1 aromatic heterocycles. The maximum atomic E-state index is 12.2. The van der Waals surface area contributed by atoms with Crippen molar-refractivity contribution in [2.24, 2.45) is 0 Å². The molecule has 9 heteroatoms. The van der Waals surface area contributed by atoms with Crippen molar-refractivity contribution in [1.29, 1.82) is 0 Å². The van der Waals surface area contributed by atoms with Crippen molar-refractivity contribution in [1.82, 2.24) is 10.6 Å². The first kappa shape index (κ1) is 21.4. The number of amides is 2. The summed E-state index contributed by atoms with van der Waals surface area (Å²) in [7, 11) is 0. The van der Waals surface area contributed by atoms with Gasteiger partial charge in [0, 0.05) is 17.0 Å². The van der Waals surface area contributed by atoms with Crippen molar-refractivity contribution in [3.8, 4) is 5.75 Å². The summed E-state index contributed by atoms with van der Waals surface area (Å²) in [6, 6.07) is 3.10. The van der Waals surface area contributed by atoms with E-state index < -0.39 is 29.9 Å². The minimum Gasteiger partial charge on any atom is -0.484 e. The van der Waals surface area contributed by atoms with Gasteiger partial charge >= 0.3 is 11.6 Å².